The first-order chi connectivity index (χ1) is 8.99. The number of aliphatic hydroxyl groups is 1. The van der Waals surface area contributed by atoms with Gasteiger partial charge in [-0.05, 0) is 36.8 Å². The van der Waals surface area contributed by atoms with Crippen LogP contribution in [0.25, 0.3) is 0 Å². The predicted molar refractivity (Wildman–Crippen MR) is 80.0 cm³/mol. The maximum Gasteiger partial charge on any atom is 0.240 e. The lowest BCUT2D eigenvalue weighted by molar-refractivity contribution is 0.299. The van der Waals surface area contributed by atoms with E-state index in [1.807, 2.05) is 6.26 Å². The number of aliphatic hydroxyl groups excluding tert-OH is 1. The highest BCUT2D eigenvalue weighted by Gasteiger charge is 2.13. The molecule has 0 saturated carbocycles. The van der Waals surface area contributed by atoms with Crippen molar-refractivity contribution in [2.75, 3.05) is 19.4 Å². The monoisotopic (exact) mass is 303 g/mol. The number of thioether (sulfide) groups is 1. The van der Waals surface area contributed by atoms with Crippen LogP contribution in [-0.4, -0.2) is 38.2 Å². The molecule has 0 amide bonds. The Morgan fingerprint density at radius 3 is 2.47 bits per heavy atom. The number of nitrogens with one attached hydrogen (secondary N) is 1. The summed E-state index contributed by atoms with van der Waals surface area (Å²) in [5.41, 5.74) is 0.928. The number of hydrogen-bond acceptors (Lipinski definition) is 4. The minimum Gasteiger partial charge on any atom is -0.396 e. The Hall–Kier alpha value is -0.560. The molecule has 1 atom stereocenters. The highest BCUT2D eigenvalue weighted by atomic mass is 32.2. The first-order valence-electron chi connectivity index (χ1n) is 6.22. The second-order valence-electron chi connectivity index (χ2n) is 4.35. The van der Waals surface area contributed by atoms with E-state index in [0.29, 0.717) is 18.2 Å². The van der Waals surface area contributed by atoms with Crippen molar-refractivity contribution in [2.24, 2.45) is 0 Å². The van der Waals surface area contributed by atoms with E-state index < -0.39 is 10.0 Å². The van der Waals surface area contributed by atoms with Crippen LogP contribution in [0.5, 0.6) is 0 Å². The number of hydrogen-bond donors (Lipinski definition) is 2. The molecule has 0 radical (unpaired) electrons. The summed E-state index contributed by atoms with van der Waals surface area (Å²) in [6.07, 6.45) is 3.36. The van der Waals surface area contributed by atoms with Crippen LogP contribution in [0.1, 0.15) is 18.9 Å². The fourth-order valence-corrected chi connectivity index (χ4v) is 2.96. The molecular weight excluding hydrogens is 282 g/mol. The maximum absolute atomic E-state index is 12.0. The van der Waals surface area contributed by atoms with E-state index in [9.17, 15) is 8.42 Å². The molecule has 1 unspecified atom stereocenters. The summed E-state index contributed by atoms with van der Waals surface area (Å²) in [4.78, 5) is 0.269. The molecule has 0 aliphatic carbocycles. The van der Waals surface area contributed by atoms with E-state index in [4.69, 9.17) is 5.11 Å². The predicted octanol–water partition coefficient (Wildman–Crippen LogP) is 1.64. The van der Waals surface area contributed by atoms with E-state index >= 15 is 0 Å². The van der Waals surface area contributed by atoms with Crippen LogP contribution >= 0.6 is 11.8 Å². The number of benzene rings is 1. The summed E-state index contributed by atoms with van der Waals surface area (Å²) < 4.78 is 26.6. The molecular formula is C13H21NO3S2. The van der Waals surface area contributed by atoms with Crippen molar-refractivity contribution in [2.45, 2.75) is 29.9 Å². The van der Waals surface area contributed by atoms with Gasteiger partial charge in [0.1, 0.15) is 0 Å². The molecule has 108 valence electrons. The summed E-state index contributed by atoms with van der Waals surface area (Å²) in [5, 5.41) is 9.25. The van der Waals surface area contributed by atoms with Gasteiger partial charge in [0.15, 0.2) is 0 Å². The van der Waals surface area contributed by atoms with Crippen LogP contribution in [0.4, 0.5) is 0 Å². The smallest absolute Gasteiger partial charge is 0.240 e. The first-order valence-corrected chi connectivity index (χ1v) is 8.99. The lowest BCUT2D eigenvalue weighted by atomic mass is 10.2. The average Bonchev–Trinajstić information content (AvgIpc) is 2.39. The highest BCUT2D eigenvalue weighted by molar-refractivity contribution is 7.99. The fraction of sp³-hybridized carbons (Fsp3) is 0.538. The number of rotatable bonds is 8. The van der Waals surface area contributed by atoms with Gasteiger partial charge < -0.3 is 5.11 Å². The third-order valence-electron chi connectivity index (χ3n) is 2.88. The highest BCUT2D eigenvalue weighted by Crippen LogP contribution is 2.12. The second-order valence-corrected chi connectivity index (χ2v) is 7.39. The van der Waals surface area contributed by atoms with Crippen molar-refractivity contribution in [3.63, 3.8) is 0 Å². The van der Waals surface area contributed by atoms with E-state index in [2.05, 4.69) is 11.6 Å². The van der Waals surface area contributed by atoms with Crippen LogP contribution in [0.3, 0.4) is 0 Å². The fourth-order valence-electron chi connectivity index (χ4n) is 1.56. The van der Waals surface area contributed by atoms with E-state index in [1.54, 1.807) is 36.0 Å². The third kappa shape index (κ3) is 5.52. The molecule has 2 N–H and O–H groups in total. The first kappa shape index (κ1) is 16.5. The van der Waals surface area contributed by atoms with Gasteiger partial charge in [0.05, 0.1) is 4.90 Å². The summed E-state index contributed by atoms with van der Waals surface area (Å²) in [6, 6.07) is 6.61. The van der Waals surface area contributed by atoms with Crippen molar-refractivity contribution in [1.29, 1.82) is 0 Å². The topological polar surface area (TPSA) is 66.4 Å². The zero-order chi connectivity index (χ0) is 14.3. The minimum atomic E-state index is -3.42. The molecule has 6 heteroatoms. The maximum atomic E-state index is 12.0. The van der Waals surface area contributed by atoms with Gasteiger partial charge in [-0.3, -0.25) is 0 Å². The van der Waals surface area contributed by atoms with Gasteiger partial charge in [0.2, 0.25) is 10.0 Å². The van der Waals surface area contributed by atoms with Crippen molar-refractivity contribution >= 4 is 21.8 Å². The van der Waals surface area contributed by atoms with Gasteiger partial charge in [0, 0.05) is 18.4 Å². The summed E-state index contributed by atoms with van der Waals surface area (Å²) in [5.74, 6) is 0. The lowest BCUT2D eigenvalue weighted by Crippen LogP contribution is -2.26. The Labute approximate surface area is 119 Å². The van der Waals surface area contributed by atoms with E-state index in [1.165, 1.54) is 0 Å². The molecule has 1 aromatic rings. The molecule has 0 bridgehead atoms. The van der Waals surface area contributed by atoms with E-state index in [0.717, 1.165) is 12.0 Å². The third-order valence-corrected chi connectivity index (χ3v) is 5.40. The minimum absolute atomic E-state index is 0.0664. The molecule has 1 rings (SSSR count). The molecule has 0 fully saturated rings. The van der Waals surface area contributed by atoms with Crippen LogP contribution in [0.2, 0.25) is 0 Å². The quantitative estimate of drug-likeness (QED) is 0.766. The Bertz CT molecular complexity index is 471. The van der Waals surface area contributed by atoms with Crippen LogP contribution in [0.15, 0.2) is 29.2 Å². The molecule has 4 nitrogen and oxygen atoms in total. The standard InChI is InChI=1S/C13H21NO3S2/c1-11(18-2)7-9-14-19(16,17)13-5-3-12(4-6-13)8-10-15/h3-6,11,14-15H,7-10H2,1-2H3. The van der Waals surface area contributed by atoms with Gasteiger partial charge >= 0.3 is 0 Å². The zero-order valence-electron chi connectivity index (χ0n) is 11.3. The second kappa shape index (κ2) is 7.89. The van der Waals surface area contributed by atoms with Crippen molar-refractivity contribution in [1.82, 2.24) is 4.72 Å². The van der Waals surface area contributed by atoms with Crippen LogP contribution < -0.4 is 4.72 Å². The van der Waals surface area contributed by atoms with Gasteiger partial charge in [-0.15, -0.1) is 0 Å². The Morgan fingerprint density at radius 1 is 1.32 bits per heavy atom. The van der Waals surface area contributed by atoms with Gasteiger partial charge in [-0.25, -0.2) is 13.1 Å². The molecule has 0 aliphatic heterocycles. The Balaban J connectivity index is 2.61. The van der Waals surface area contributed by atoms with Gasteiger partial charge in [-0.1, -0.05) is 19.1 Å². The number of sulfonamides is 1. The molecule has 0 aromatic heterocycles. The van der Waals surface area contributed by atoms with E-state index in [-0.39, 0.29) is 11.5 Å². The zero-order valence-corrected chi connectivity index (χ0v) is 12.9. The van der Waals surface area contributed by atoms with Gasteiger partial charge in [-0.2, -0.15) is 11.8 Å². The van der Waals surface area contributed by atoms with Crippen molar-refractivity contribution in [3.8, 4) is 0 Å². The Morgan fingerprint density at radius 2 is 1.95 bits per heavy atom. The average molecular weight is 303 g/mol. The molecule has 19 heavy (non-hydrogen) atoms. The molecule has 1 aromatic carbocycles. The summed E-state index contributed by atoms with van der Waals surface area (Å²) in [6.45, 7) is 2.59. The van der Waals surface area contributed by atoms with Gasteiger partial charge in [0.25, 0.3) is 0 Å². The summed E-state index contributed by atoms with van der Waals surface area (Å²) in [7, 11) is -3.42. The van der Waals surface area contributed by atoms with Crippen molar-refractivity contribution < 1.29 is 13.5 Å². The largest absolute Gasteiger partial charge is 0.396 e. The molecule has 0 saturated heterocycles. The van der Waals surface area contributed by atoms with Crippen molar-refractivity contribution in [3.05, 3.63) is 29.8 Å². The van der Waals surface area contributed by atoms with Crippen LogP contribution in [-0.2, 0) is 16.4 Å². The molecule has 0 aliphatic rings. The molecule has 0 spiro atoms. The lowest BCUT2D eigenvalue weighted by Gasteiger charge is -2.10. The molecule has 0 heterocycles. The van der Waals surface area contributed by atoms with Crippen LogP contribution in [0, 0.1) is 0 Å². The Kier molecular flexibility index (Phi) is 6.85. The SMILES string of the molecule is CSC(C)CCNS(=O)(=O)c1ccc(CCO)cc1. The normalized spacial score (nSPS) is 13.4. The summed E-state index contributed by atoms with van der Waals surface area (Å²) >= 11 is 1.72.